The third-order valence-corrected chi connectivity index (χ3v) is 5.79. The average molecular weight is 254 g/mol. The first-order valence-corrected chi connectivity index (χ1v) is 7.96. The third kappa shape index (κ3) is 3.27. The first-order chi connectivity index (χ1) is 8.74. The zero-order valence-electron chi connectivity index (χ0n) is 11.8. The summed E-state index contributed by atoms with van der Waals surface area (Å²) in [4.78, 5) is 0. The standard InChI is InChI=1S/C16H30O2/c17-13-3-1-5-15-7-10-16(11-8-15,12-9-15)6-2-4-14-18/h17-18H,1-14H2. The lowest BCUT2D eigenvalue weighted by molar-refractivity contribution is -0.0229. The summed E-state index contributed by atoms with van der Waals surface area (Å²) < 4.78 is 0. The molecule has 0 amide bonds. The largest absolute Gasteiger partial charge is 0.396 e. The quantitative estimate of drug-likeness (QED) is 0.649. The van der Waals surface area contributed by atoms with Crippen molar-refractivity contribution in [3.05, 3.63) is 0 Å². The predicted octanol–water partition coefficient (Wildman–Crippen LogP) is 3.65. The minimum absolute atomic E-state index is 0.362. The van der Waals surface area contributed by atoms with Gasteiger partial charge in [0, 0.05) is 13.2 Å². The molecule has 106 valence electrons. The normalized spacial score (nSPS) is 35.0. The van der Waals surface area contributed by atoms with Gasteiger partial charge in [-0.05, 0) is 75.0 Å². The van der Waals surface area contributed by atoms with Gasteiger partial charge in [0.2, 0.25) is 0 Å². The van der Waals surface area contributed by atoms with E-state index in [0.717, 1.165) is 12.8 Å². The summed E-state index contributed by atoms with van der Waals surface area (Å²) >= 11 is 0. The van der Waals surface area contributed by atoms with Crippen molar-refractivity contribution < 1.29 is 10.2 Å². The van der Waals surface area contributed by atoms with Crippen LogP contribution in [0.2, 0.25) is 0 Å². The second-order valence-electron chi connectivity index (χ2n) is 6.86. The van der Waals surface area contributed by atoms with E-state index >= 15 is 0 Å². The third-order valence-electron chi connectivity index (χ3n) is 5.79. The fourth-order valence-electron chi connectivity index (χ4n) is 4.31. The molecule has 0 spiro atoms. The molecule has 0 aromatic carbocycles. The van der Waals surface area contributed by atoms with Crippen LogP contribution in [0.15, 0.2) is 0 Å². The molecule has 2 nitrogen and oxygen atoms in total. The zero-order valence-corrected chi connectivity index (χ0v) is 11.8. The molecule has 0 atom stereocenters. The van der Waals surface area contributed by atoms with Crippen LogP contribution in [-0.4, -0.2) is 23.4 Å². The van der Waals surface area contributed by atoms with E-state index in [2.05, 4.69) is 0 Å². The minimum Gasteiger partial charge on any atom is -0.396 e. The summed E-state index contributed by atoms with van der Waals surface area (Å²) in [5, 5.41) is 17.8. The number of fused-ring (bicyclic) bond motifs is 3. The van der Waals surface area contributed by atoms with Gasteiger partial charge in [0.05, 0.1) is 0 Å². The number of unbranched alkanes of at least 4 members (excludes halogenated alkanes) is 2. The van der Waals surface area contributed by atoms with Crippen LogP contribution in [0.4, 0.5) is 0 Å². The van der Waals surface area contributed by atoms with Crippen molar-refractivity contribution in [2.75, 3.05) is 13.2 Å². The monoisotopic (exact) mass is 254 g/mol. The molecular weight excluding hydrogens is 224 g/mol. The molecule has 3 aliphatic rings. The van der Waals surface area contributed by atoms with E-state index < -0.39 is 0 Å². The van der Waals surface area contributed by atoms with Crippen molar-refractivity contribution in [2.24, 2.45) is 10.8 Å². The Kier molecular flexibility index (Phi) is 5.08. The molecule has 3 saturated carbocycles. The molecule has 0 heterocycles. The second kappa shape index (κ2) is 6.38. The molecule has 0 radical (unpaired) electrons. The topological polar surface area (TPSA) is 40.5 Å². The van der Waals surface area contributed by atoms with Crippen LogP contribution in [0.5, 0.6) is 0 Å². The van der Waals surface area contributed by atoms with E-state index in [1.165, 1.54) is 64.2 Å². The maximum absolute atomic E-state index is 8.90. The van der Waals surface area contributed by atoms with Crippen LogP contribution in [0.1, 0.15) is 77.0 Å². The Bertz CT molecular complexity index is 199. The highest BCUT2D eigenvalue weighted by molar-refractivity contribution is 4.99. The van der Waals surface area contributed by atoms with Gasteiger partial charge in [-0.1, -0.05) is 12.8 Å². The van der Waals surface area contributed by atoms with Crippen molar-refractivity contribution in [3.63, 3.8) is 0 Å². The average Bonchev–Trinajstić information content (AvgIpc) is 2.42. The first-order valence-electron chi connectivity index (χ1n) is 7.96. The highest BCUT2D eigenvalue weighted by Gasteiger charge is 2.47. The van der Waals surface area contributed by atoms with E-state index in [1.807, 2.05) is 0 Å². The second-order valence-corrected chi connectivity index (χ2v) is 6.86. The van der Waals surface area contributed by atoms with Gasteiger partial charge in [0.25, 0.3) is 0 Å². The molecule has 0 saturated heterocycles. The van der Waals surface area contributed by atoms with Crippen molar-refractivity contribution in [2.45, 2.75) is 77.0 Å². The Morgan fingerprint density at radius 1 is 0.556 bits per heavy atom. The maximum atomic E-state index is 8.90. The van der Waals surface area contributed by atoms with Gasteiger partial charge < -0.3 is 10.2 Å². The summed E-state index contributed by atoms with van der Waals surface area (Å²) in [6.45, 7) is 0.725. The highest BCUT2D eigenvalue weighted by Crippen LogP contribution is 2.60. The van der Waals surface area contributed by atoms with Gasteiger partial charge in [0.1, 0.15) is 0 Å². The van der Waals surface area contributed by atoms with E-state index in [9.17, 15) is 0 Å². The highest BCUT2D eigenvalue weighted by atomic mass is 16.3. The lowest BCUT2D eigenvalue weighted by Gasteiger charge is -2.54. The molecule has 18 heavy (non-hydrogen) atoms. The molecule has 2 N–H and O–H groups in total. The maximum Gasteiger partial charge on any atom is 0.0431 e. The lowest BCUT2D eigenvalue weighted by atomic mass is 9.51. The Hall–Kier alpha value is -0.0800. The summed E-state index contributed by atoms with van der Waals surface area (Å²) in [7, 11) is 0. The number of aliphatic hydroxyl groups excluding tert-OH is 2. The Morgan fingerprint density at radius 3 is 1.17 bits per heavy atom. The predicted molar refractivity (Wildman–Crippen MR) is 74.4 cm³/mol. The van der Waals surface area contributed by atoms with Crippen LogP contribution in [0.25, 0.3) is 0 Å². The Balaban J connectivity index is 1.78. The van der Waals surface area contributed by atoms with Crippen LogP contribution >= 0.6 is 0 Å². The molecule has 3 fully saturated rings. The van der Waals surface area contributed by atoms with Crippen LogP contribution in [0.3, 0.4) is 0 Å². The van der Waals surface area contributed by atoms with Crippen molar-refractivity contribution in [3.8, 4) is 0 Å². The van der Waals surface area contributed by atoms with Gasteiger partial charge in [0.15, 0.2) is 0 Å². The number of aliphatic hydroxyl groups is 2. The molecule has 2 bridgehead atoms. The van der Waals surface area contributed by atoms with Gasteiger partial charge >= 0.3 is 0 Å². The molecule has 3 aliphatic carbocycles. The minimum atomic E-state index is 0.362. The fraction of sp³-hybridized carbons (Fsp3) is 1.00. The Morgan fingerprint density at radius 2 is 0.889 bits per heavy atom. The molecular formula is C16H30O2. The van der Waals surface area contributed by atoms with Crippen molar-refractivity contribution in [1.29, 1.82) is 0 Å². The van der Waals surface area contributed by atoms with Gasteiger partial charge in [-0.2, -0.15) is 0 Å². The molecule has 3 rings (SSSR count). The SMILES string of the molecule is OCCCCC12CCC(CCCCO)(CC1)CC2. The van der Waals surface area contributed by atoms with Gasteiger partial charge in [-0.15, -0.1) is 0 Å². The smallest absolute Gasteiger partial charge is 0.0431 e. The van der Waals surface area contributed by atoms with Crippen molar-refractivity contribution in [1.82, 2.24) is 0 Å². The first kappa shape index (κ1) is 14.3. The number of hydrogen-bond acceptors (Lipinski definition) is 2. The molecule has 2 heteroatoms. The van der Waals surface area contributed by atoms with Gasteiger partial charge in [-0.25, -0.2) is 0 Å². The molecule has 0 aromatic rings. The van der Waals surface area contributed by atoms with E-state index in [4.69, 9.17) is 10.2 Å². The van der Waals surface area contributed by atoms with E-state index in [0.29, 0.717) is 24.0 Å². The summed E-state index contributed by atoms with van der Waals surface area (Å²) in [5.41, 5.74) is 1.29. The van der Waals surface area contributed by atoms with E-state index in [1.54, 1.807) is 0 Å². The fourth-order valence-corrected chi connectivity index (χ4v) is 4.31. The summed E-state index contributed by atoms with van der Waals surface area (Å²) in [5.74, 6) is 0. The molecule has 0 aliphatic heterocycles. The number of hydrogen-bond donors (Lipinski definition) is 2. The van der Waals surface area contributed by atoms with Crippen LogP contribution in [0, 0.1) is 10.8 Å². The van der Waals surface area contributed by atoms with Crippen LogP contribution in [-0.2, 0) is 0 Å². The van der Waals surface area contributed by atoms with Crippen molar-refractivity contribution >= 4 is 0 Å². The summed E-state index contributed by atoms with van der Waals surface area (Å²) in [6.07, 6.45) is 15.7. The molecule has 0 aromatic heterocycles. The summed E-state index contributed by atoms with van der Waals surface area (Å²) in [6, 6.07) is 0. The molecule has 0 unspecified atom stereocenters. The van der Waals surface area contributed by atoms with Crippen LogP contribution < -0.4 is 0 Å². The Labute approximate surface area is 112 Å². The zero-order chi connectivity index (χ0) is 12.9. The van der Waals surface area contributed by atoms with E-state index in [-0.39, 0.29) is 0 Å². The number of rotatable bonds is 8. The lowest BCUT2D eigenvalue weighted by Crippen LogP contribution is -2.41. The van der Waals surface area contributed by atoms with Gasteiger partial charge in [-0.3, -0.25) is 0 Å².